The molecule has 0 radical (unpaired) electrons. The Hall–Kier alpha value is -2.12. The number of fused-ring (bicyclic) bond motifs is 1. The van der Waals surface area contributed by atoms with E-state index in [2.05, 4.69) is 15.3 Å². The number of anilines is 2. The van der Waals surface area contributed by atoms with Crippen molar-refractivity contribution < 1.29 is 9.35 Å². The Balaban J connectivity index is 2.03. The summed E-state index contributed by atoms with van der Waals surface area (Å²) in [7, 11) is 0. The van der Waals surface area contributed by atoms with Crippen molar-refractivity contribution >= 4 is 29.1 Å². The van der Waals surface area contributed by atoms with Crippen molar-refractivity contribution in [2.24, 2.45) is 0 Å². The maximum absolute atomic E-state index is 11.6. The fraction of sp³-hybridized carbons (Fsp3) is 0.267. The van der Waals surface area contributed by atoms with Gasteiger partial charge in [-0.3, -0.25) is 4.79 Å². The molecule has 2 aromatic rings. The molecule has 114 valence electrons. The van der Waals surface area contributed by atoms with Crippen molar-refractivity contribution in [1.29, 1.82) is 0 Å². The first-order chi connectivity index (χ1) is 10.6. The number of carbonyl (C=O) groups excluding carboxylic acids is 1. The maximum atomic E-state index is 11.6. The first-order valence-electron chi connectivity index (χ1n) is 6.87. The summed E-state index contributed by atoms with van der Waals surface area (Å²) in [6, 6.07) is 9.78. The molecule has 1 aliphatic rings. The normalized spacial score (nSPS) is 19.2. The lowest BCUT2D eigenvalue weighted by Crippen LogP contribution is -2.39. The van der Waals surface area contributed by atoms with Gasteiger partial charge in [-0.25, -0.2) is 4.98 Å². The van der Waals surface area contributed by atoms with E-state index in [1.165, 1.54) is 6.20 Å². The summed E-state index contributed by atoms with van der Waals surface area (Å²) in [5.41, 5.74) is 1.06. The van der Waals surface area contributed by atoms with Gasteiger partial charge in [0.25, 0.3) is 5.03 Å². The molecule has 1 aliphatic heterocycles. The minimum Gasteiger partial charge on any atom is -0.610 e. The number of aldehydes is 1. The lowest BCUT2D eigenvalue weighted by Gasteiger charge is -2.29. The van der Waals surface area contributed by atoms with Crippen molar-refractivity contribution in [3.63, 3.8) is 0 Å². The summed E-state index contributed by atoms with van der Waals surface area (Å²) in [4.78, 5) is 21.9. The minimum atomic E-state index is -1.22. The average Bonchev–Trinajstić information content (AvgIpc) is 2.92. The van der Waals surface area contributed by atoms with Crippen molar-refractivity contribution in [2.75, 3.05) is 16.5 Å². The zero-order valence-corrected chi connectivity index (χ0v) is 13.1. The fourth-order valence-electron chi connectivity index (χ4n) is 2.54. The summed E-state index contributed by atoms with van der Waals surface area (Å²) < 4.78 is 11.6. The molecule has 0 bridgehead atoms. The van der Waals surface area contributed by atoms with E-state index in [4.69, 9.17) is 0 Å². The highest BCUT2D eigenvalue weighted by atomic mass is 32.2. The number of aromatic nitrogens is 2. The second kappa shape index (κ2) is 5.94. The molecule has 0 amide bonds. The van der Waals surface area contributed by atoms with Crippen LogP contribution in [0.1, 0.15) is 18.5 Å². The lowest BCUT2D eigenvalue weighted by atomic mass is 10.1. The van der Waals surface area contributed by atoms with E-state index < -0.39 is 17.3 Å². The summed E-state index contributed by atoms with van der Waals surface area (Å²) in [5, 5.41) is 3.44. The number of benzene rings is 1. The highest BCUT2D eigenvalue weighted by molar-refractivity contribution is 7.90. The van der Waals surface area contributed by atoms with Gasteiger partial charge in [0.1, 0.15) is 12.5 Å². The van der Waals surface area contributed by atoms with E-state index in [1.807, 2.05) is 42.2 Å². The average molecular weight is 316 g/mol. The van der Waals surface area contributed by atoms with Crippen molar-refractivity contribution in [2.45, 2.75) is 24.2 Å². The summed E-state index contributed by atoms with van der Waals surface area (Å²) in [6.45, 7) is 2.00. The Morgan fingerprint density at radius 2 is 2.14 bits per heavy atom. The molecule has 6 nitrogen and oxygen atoms in total. The zero-order valence-electron chi connectivity index (χ0n) is 12.3. The second-order valence-electron chi connectivity index (χ2n) is 5.05. The van der Waals surface area contributed by atoms with Crippen LogP contribution < -0.4 is 10.2 Å². The highest BCUT2D eigenvalue weighted by Crippen LogP contribution is 2.37. The van der Waals surface area contributed by atoms with Crippen LogP contribution in [-0.2, 0) is 16.0 Å². The number of hydrogen-bond acceptors (Lipinski definition) is 6. The third-order valence-corrected chi connectivity index (χ3v) is 4.47. The maximum Gasteiger partial charge on any atom is 0.264 e. The van der Waals surface area contributed by atoms with Gasteiger partial charge >= 0.3 is 0 Å². The molecular formula is C15H16N4O2S. The van der Waals surface area contributed by atoms with Gasteiger partial charge in [0.15, 0.2) is 24.1 Å². The monoisotopic (exact) mass is 316 g/mol. The Labute approximate surface area is 131 Å². The Morgan fingerprint density at radius 3 is 2.77 bits per heavy atom. The number of nitrogens with one attached hydrogen (secondary N) is 1. The Bertz CT molecular complexity index is 680. The van der Waals surface area contributed by atoms with Crippen LogP contribution >= 0.6 is 0 Å². The molecule has 2 unspecified atom stereocenters. The molecule has 22 heavy (non-hydrogen) atoms. The third-order valence-electron chi connectivity index (χ3n) is 3.68. The third kappa shape index (κ3) is 2.53. The van der Waals surface area contributed by atoms with E-state index in [1.54, 1.807) is 6.26 Å². The van der Waals surface area contributed by atoms with Gasteiger partial charge in [0, 0.05) is 11.2 Å². The fourth-order valence-corrected chi connectivity index (χ4v) is 2.96. The lowest BCUT2D eigenvalue weighted by molar-refractivity contribution is -0.108. The van der Waals surface area contributed by atoms with Crippen LogP contribution in [0.5, 0.6) is 0 Å². The van der Waals surface area contributed by atoms with Gasteiger partial charge in [-0.1, -0.05) is 30.3 Å². The van der Waals surface area contributed by atoms with Crippen LogP contribution in [0.2, 0.25) is 0 Å². The van der Waals surface area contributed by atoms with Crippen LogP contribution in [0.15, 0.2) is 41.6 Å². The van der Waals surface area contributed by atoms with Gasteiger partial charge in [0.2, 0.25) is 0 Å². The van der Waals surface area contributed by atoms with Crippen LogP contribution in [0.4, 0.5) is 11.6 Å². The van der Waals surface area contributed by atoms with E-state index in [0.717, 1.165) is 11.8 Å². The number of hydrogen-bond donors (Lipinski definition) is 1. The molecule has 0 saturated heterocycles. The van der Waals surface area contributed by atoms with E-state index in [0.29, 0.717) is 16.7 Å². The SMILES string of the molecule is C[C@@H](c1ccccc1)N1c2nc([S+](C)[O-])cnc2NC1C=O. The molecular weight excluding hydrogens is 300 g/mol. The molecule has 0 fully saturated rings. The summed E-state index contributed by atoms with van der Waals surface area (Å²) in [5.74, 6) is 1.09. The van der Waals surface area contributed by atoms with Crippen molar-refractivity contribution in [1.82, 2.24) is 9.97 Å². The zero-order chi connectivity index (χ0) is 15.7. The number of carbonyl (C=O) groups is 1. The van der Waals surface area contributed by atoms with Gasteiger partial charge < -0.3 is 14.8 Å². The van der Waals surface area contributed by atoms with Gasteiger partial charge in [-0.15, -0.1) is 0 Å². The molecule has 1 aromatic heterocycles. The van der Waals surface area contributed by atoms with E-state index in [9.17, 15) is 9.35 Å². The second-order valence-corrected chi connectivity index (χ2v) is 6.38. The van der Waals surface area contributed by atoms with E-state index >= 15 is 0 Å². The van der Waals surface area contributed by atoms with Crippen LogP contribution in [0.3, 0.4) is 0 Å². The Kier molecular flexibility index (Phi) is 4.00. The first-order valence-corrected chi connectivity index (χ1v) is 8.43. The van der Waals surface area contributed by atoms with Crippen LogP contribution in [0, 0.1) is 0 Å². The van der Waals surface area contributed by atoms with Crippen LogP contribution in [0.25, 0.3) is 0 Å². The molecule has 3 atom stereocenters. The largest absolute Gasteiger partial charge is 0.610 e. The quantitative estimate of drug-likeness (QED) is 0.683. The molecule has 0 aliphatic carbocycles. The number of nitrogens with zero attached hydrogens (tertiary/aromatic N) is 3. The molecule has 7 heteroatoms. The molecule has 1 N–H and O–H groups in total. The molecule has 2 heterocycles. The van der Waals surface area contributed by atoms with E-state index in [-0.39, 0.29) is 6.04 Å². The molecule has 3 rings (SSSR count). The first kappa shape index (κ1) is 14.8. The molecule has 1 aromatic carbocycles. The molecule has 0 saturated carbocycles. The smallest absolute Gasteiger partial charge is 0.264 e. The summed E-state index contributed by atoms with van der Waals surface area (Å²) in [6.07, 6.45) is 3.32. The van der Waals surface area contributed by atoms with Crippen molar-refractivity contribution in [3.05, 3.63) is 42.1 Å². The minimum absolute atomic E-state index is 0.0695. The predicted molar refractivity (Wildman–Crippen MR) is 85.2 cm³/mol. The highest BCUT2D eigenvalue weighted by Gasteiger charge is 2.35. The topological polar surface area (TPSA) is 81.2 Å². The summed E-state index contributed by atoms with van der Waals surface area (Å²) >= 11 is -1.22. The van der Waals surface area contributed by atoms with Gasteiger partial charge in [-0.2, -0.15) is 4.98 Å². The van der Waals surface area contributed by atoms with Gasteiger partial charge in [0.05, 0.1) is 6.04 Å². The number of rotatable bonds is 4. The molecule has 0 spiro atoms. The van der Waals surface area contributed by atoms with Crippen molar-refractivity contribution in [3.8, 4) is 0 Å². The van der Waals surface area contributed by atoms with Crippen LogP contribution in [-0.4, -0.2) is 33.2 Å². The van der Waals surface area contributed by atoms with Gasteiger partial charge in [-0.05, 0) is 12.5 Å². The Morgan fingerprint density at radius 1 is 1.41 bits per heavy atom. The standard InChI is InChI=1S/C15H16N4O2S/c1-10(11-6-4-3-5-7-11)19-12(9-20)17-14-15(19)18-13(8-16-14)22(2)21/h3-10,12H,1-2H3,(H,16,17)/t10-,12?,22?/m0/s1. The predicted octanol–water partition coefficient (Wildman–Crippen LogP) is 1.73.